The van der Waals surface area contributed by atoms with Crippen LogP contribution in [0.5, 0.6) is 0 Å². The number of para-hydroxylation sites is 1. The van der Waals surface area contributed by atoms with Gasteiger partial charge in [0.2, 0.25) is 10.0 Å². The maximum absolute atomic E-state index is 13.4. The topological polar surface area (TPSA) is 69.6 Å². The third-order valence-electron chi connectivity index (χ3n) is 6.59. The third kappa shape index (κ3) is 4.29. The first-order valence-electron chi connectivity index (χ1n) is 10.9. The SMILES string of the molecule is CC(c1ccc2c(c1)Nc1ccccc1S2)S(=O)(=O)N1CCC(O)(c2ccc(Cl)cc2)CC1. The first kappa shape index (κ1) is 22.7. The highest BCUT2D eigenvalue weighted by atomic mass is 35.5. The summed E-state index contributed by atoms with van der Waals surface area (Å²) in [6.45, 7) is 2.29. The molecule has 2 aliphatic heterocycles. The molecule has 0 aromatic heterocycles. The Hall–Kier alpha value is -2.03. The summed E-state index contributed by atoms with van der Waals surface area (Å²) in [6.07, 6.45) is 0.694. The number of nitrogens with one attached hydrogen (secondary N) is 1. The molecule has 1 unspecified atom stereocenters. The molecule has 2 aliphatic rings. The molecule has 5 rings (SSSR count). The van der Waals surface area contributed by atoms with Gasteiger partial charge in [0.1, 0.15) is 0 Å². The summed E-state index contributed by atoms with van der Waals surface area (Å²) in [7, 11) is -3.57. The monoisotopic (exact) mass is 500 g/mol. The standard InChI is InChI=1S/C25H25ClN2O3S2/c1-17(18-6-11-24-22(16-18)27-21-4-2-3-5-23(21)32-24)33(30,31)28-14-12-25(29,13-15-28)19-7-9-20(26)10-8-19/h2-11,16-17,27,29H,12-15H2,1H3. The van der Waals surface area contributed by atoms with Crippen molar-refractivity contribution in [3.05, 3.63) is 82.9 Å². The molecule has 0 amide bonds. The van der Waals surface area contributed by atoms with E-state index in [0.717, 1.165) is 32.3 Å². The molecule has 1 atom stereocenters. The molecule has 0 saturated carbocycles. The van der Waals surface area contributed by atoms with Gasteiger partial charge in [-0.2, -0.15) is 0 Å². The first-order valence-corrected chi connectivity index (χ1v) is 13.6. The van der Waals surface area contributed by atoms with E-state index in [1.54, 1.807) is 30.8 Å². The Morgan fingerprint density at radius 2 is 1.67 bits per heavy atom. The highest BCUT2D eigenvalue weighted by Crippen LogP contribution is 2.45. The van der Waals surface area contributed by atoms with E-state index in [2.05, 4.69) is 11.4 Å². The molecule has 8 heteroatoms. The molecule has 3 aromatic carbocycles. The van der Waals surface area contributed by atoms with Gasteiger partial charge < -0.3 is 10.4 Å². The lowest BCUT2D eigenvalue weighted by Crippen LogP contribution is -2.46. The number of hydrogen-bond acceptors (Lipinski definition) is 5. The fraction of sp³-hybridized carbons (Fsp3) is 0.280. The maximum atomic E-state index is 13.4. The van der Waals surface area contributed by atoms with E-state index in [9.17, 15) is 13.5 Å². The summed E-state index contributed by atoms with van der Waals surface area (Å²) in [5.74, 6) is 0. The van der Waals surface area contributed by atoms with Crippen LogP contribution in [-0.4, -0.2) is 30.9 Å². The minimum atomic E-state index is -3.57. The van der Waals surface area contributed by atoms with Crippen molar-refractivity contribution in [2.75, 3.05) is 18.4 Å². The Bertz CT molecular complexity index is 1290. The fourth-order valence-electron chi connectivity index (χ4n) is 4.46. The Kier molecular flexibility index (Phi) is 5.95. The molecule has 2 heterocycles. The second-order valence-electron chi connectivity index (χ2n) is 8.60. The number of fused-ring (bicyclic) bond motifs is 2. The quantitative estimate of drug-likeness (QED) is 0.364. The number of rotatable bonds is 4. The largest absolute Gasteiger partial charge is 0.385 e. The van der Waals surface area contributed by atoms with E-state index in [4.69, 9.17) is 11.6 Å². The molecule has 3 aromatic rings. The first-order chi connectivity index (χ1) is 15.8. The van der Waals surface area contributed by atoms with Crippen molar-refractivity contribution < 1.29 is 13.5 Å². The van der Waals surface area contributed by atoms with Crippen molar-refractivity contribution in [3.63, 3.8) is 0 Å². The number of halogens is 1. The molecule has 2 N–H and O–H groups in total. The highest BCUT2D eigenvalue weighted by Gasteiger charge is 2.40. The zero-order valence-corrected chi connectivity index (χ0v) is 20.6. The third-order valence-corrected chi connectivity index (χ3v) is 10.2. The van der Waals surface area contributed by atoms with Gasteiger partial charge in [-0.15, -0.1) is 0 Å². The van der Waals surface area contributed by atoms with Crippen molar-refractivity contribution in [1.29, 1.82) is 0 Å². The second-order valence-corrected chi connectivity index (χ2v) is 12.4. The van der Waals surface area contributed by atoms with E-state index in [1.165, 1.54) is 4.31 Å². The molecule has 172 valence electrons. The number of hydrogen-bond donors (Lipinski definition) is 2. The van der Waals surface area contributed by atoms with Crippen molar-refractivity contribution in [2.24, 2.45) is 0 Å². The van der Waals surface area contributed by atoms with Crippen molar-refractivity contribution in [2.45, 2.75) is 40.4 Å². The van der Waals surface area contributed by atoms with Gasteiger partial charge in [0.25, 0.3) is 0 Å². The lowest BCUT2D eigenvalue weighted by molar-refractivity contribution is -0.00974. The van der Waals surface area contributed by atoms with E-state index in [1.807, 2.05) is 48.5 Å². The van der Waals surface area contributed by atoms with Gasteiger partial charge in [-0.1, -0.05) is 53.7 Å². The van der Waals surface area contributed by atoms with Gasteiger partial charge in [-0.25, -0.2) is 12.7 Å². The van der Waals surface area contributed by atoms with Crippen LogP contribution in [0.15, 0.2) is 76.5 Å². The number of aliphatic hydroxyl groups is 1. The van der Waals surface area contributed by atoms with E-state index < -0.39 is 20.9 Å². The Labute approximate surface area is 203 Å². The molecule has 0 bridgehead atoms. The molecule has 33 heavy (non-hydrogen) atoms. The van der Waals surface area contributed by atoms with E-state index in [-0.39, 0.29) is 13.1 Å². The number of sulfonamides is 1. The predicted octanol–water partition coefficient (Wildman–Crippen LogP) is 5.92. The minimum absolute atomic E-state index is 0.276. The highest BCUT2D eigenvalue weighted by molar-refractivity contribution is 7.99. The summed E-state index contributed by atoms with van der Waals surface area (Å²) in [6, 6.07) is 21.0. The molecule has 1 saturated heterocycles. The Morgan fingerprint density at radius 3 is 2.39 bits per heavy atom. The van der Waals surface area contributed by atoms with Crippen LogP contribution in [0.1, 0.15) is 36.1 Å². The lowest BCUT2D eigenvalue weighted by atomic mass is 9.85. The predicted molar refractivity (Wildman–Crippen MR) is 134 cm³/mol. The number of benzene rings is 3. The average molecular weight is 501 g/mol. The van der Waals surface area contributed by atoms with E-state index >= 15 is 0 Å². The van der Waals surface area contributed by atoms with Gasteiger partial charge >= 0.3 is 0 Å². The molecular formula is C25H25ClN2O3S2. The van der Waals surface area contributed by atoms with Gasteiger partial charge in [-0.05, 0) is 67.3 Å². The Morgan fingerprint density at radius 1 is 1.00 bits per heavy atom. The van der Waals surface area contributed by atoms with Crippen LogP contribution in [0, 0.1) is 0 Å². The Balaban J connectivity index is 1.32. The molecule has 1 fully saturated rings. The van der Waals surface area contributed by atoms with Crippen molar-refractivity contribution in [3.8, 4) is 0 Å². The average Bonchev–Trinajstić information content (AvgIpc) is 2.82. The molecule has 5 nitrogen and oxygen atoms in total. The summed E-state index contributed by atoms with van der Waals surface area (Å²) in [4.78, 5) is 2.23. The molecule has 0 radical (unpaired) electrons. The van der Waals surface area contributed by atoms with Crippen LogP contribution in [0.25, 0.3) is 0 Å². The van der Waals surface area contributed by atoms with Crippen LogP contribution in [0.3, 0.4) is 0 Å². The van der Waals surface area contributed by atoms with Crippen LogP contribution >= 0.6 is 23.4 Å². The fourth-order valence-corrected chi connectivity index (χ4v) is 7.19. The smallest absolute Gasteiger partial charge is 0.220 e. The lowest BCUT2D eigenvalue weighted by Gasteiger charge is -2.39. The van der Waals surface area contributed by atoms with Gasteiger partial charge in [0.05, 0.1) is 22.2 Å². The maximum Gasteiger partial charge on any atom is 0.220 e. The van der Waals surface area contributed by atoms with E-state index in [0.29, 0.717) is 17.9 Å². The van der Waals surface area contributed by atoms with Crippen LogP contribution < -0.4 is 5.32 Å². The normalized spacial score (nSPS) is 18.6. The summed E-state index contributed by atoms with van der Waals surface area (Å²) < 4.78 is 28.4. The number of nitrogens with zero attached hydrogens (tertiary/aromatic N) is 1. The summed E-state index contributed by atoms with van der Waals surface area (Å²) >= 11 is 7.64. The summed E-state index contributed by atoms with van der Waals surface area (Å²) in [5, 5.41) is 14.5. The van der Waals surface area contributed by atoms with Crippen molar-refractivity contribution >= 4 is 44.8 Å². The van der Waals surface area contributed by atoms with Gasteiger partial charge in [0, 0.05) is 27.9 Å². The van der Waals surface area contributed by atoms with Crippen LogP contribution in [-0.2, 0) is 15.6 Å². The van der Waals surface area contributed by atoms with Gasteiger partial charge in [-0.3, -0.25) is 0 Å². The molecule has 0 aliphatic carbocycles. The van der Waals surface area contributed by atoms with Crippen molar-refractivity contribution in [1.82, 2.24) is 4.31 Å². The molecular weight excluding hydrogens is 476 g/mol. The van der Waals surface area contributed by atoms with Crippen LogP contribution in [0.4, 0.5) is 11.4 Å². The summed E-state index contributed by atoms with van der Waals surface area (Å²) in [5.41, 5.74) is 2.43. The number of anilines is 2. The minimum Gasteiger partial charge on any atom is -0.385 e. The zero-order valence-electron chi connectivity index (χ0n) is 18.2. The van der Waals surface area contributed by atoms with Crippen LogP contribution in [0.2, 0.25) is 5.02 Å². The second kappa shape index (κ2) is 8.64. The van der Waals surface area contributed by atoms with Gasteiger partial charge in [0.15, 0.2) is 0 Å². The zero-order chi connectivity index (χ0) is 23.2. The molecule has 0 spiro atoms. The number of piperidine rings is 1.